The fourth-order valence-electron chi connectivity index (χ4n) is 8.49. The van der Waals surface area contributed by atoms with E-state index in [0.717, 1.165) is 55.3 Å². The van der Waals surface area contributed by atoms with Crippen LogP contribution in [0, 0.1) is 0 Å². The van der Waals surface area contributed by atoms with Crippen LogP contribution < -0.4 is 0 Å². The number of thiophene rings is 1. The molecule has 12 rings (SSSR count). The van der Waals surface area contributed by atoms with Gasteiger partial charge in [0.05, 0.1) is 0 Å². The highest BCUT2D eigenvalue weighted by Gasteiger charge is 2.18. The standard InChI is InChI=1S/C53H31N3OS/c1-2-11-35(12-3-1)51-54-52(56-53(55-51)43-17-8-16-42-41-14-6-7-19-48(41)58-50(42)43)36-25-22-33(23-26-36)40-15-9-18-47-49(40)45-31-38(28-29-46(45)57-47)37-27-24-34-21-20-32-10-4-5-13-39(32)44(34)30-37/h1-31H. The molecule has 0 aliphatic rings. The summed E-state index contributed by atoms with van der Waals surface area (Å²) in [5.74, 6) is 1.94. The summed E-state index contributed by atoms with van der Waals surface area (Å²) in [7, 11) is 0. The second kappa shape index (κ2) is 13.1. The fourth-order valence-corrected chi connectivity index (χ4v) is 9.70. The molecule has 0 aliphatic carbocycles. The van der Waals surface area contributed by atoms with Gasteiger partial charge in [0.1, 0.15) is 11.2 Å². The van der Waals surface area contributed by atoms with Gasteiger partial charge < -0.3 is 4.42 Å². The van der Waals surface area contributed by atoms with E-state index in [1.807, 2.05) is 18.2 Å². The van der Waals surface area contributed by atoms with Gasteiger partial charge in [-0.1, -0.05) is 152 Å². The Morgan fingerprint density at radius 1 is 0.345 bits per heavy atom. The molecular weight excluding hydrogens is 727 g/mol. The summed E-state index contributed by atoms with van der Waals surface area (Å²) in [6.07, 6.45) is 0. The Balaban J connectivity index is 0.965. The lowest BCUT2D eigenvalue weighted by molar-refractivity contribution is 0.669. The number of hydrogen-bond donors (Lipinski definition) is 0. The van der Waals surface area contributed by atoms with Crippen molar-refractivity contribution in [2.75, 3.05) is 0 Å². The minimum absolute atomic E-state index is 0.633. The van der Waals surface area contributed by atoms with E-state index in [4.69, 9.17) is 19.4 Å². The first-order valence-corrected chi connectivity index (χ1v) is 20.2. The third-order valence-corrected chi connectivity index (χ3v) is 12.6. The van der Waals surface area contributed by atoms with Crippen LogP contribution in [0.1, 0.15) is 0 Å². The molecule has 0 saturated carbocycles. The summed E-state index contributed by atoms with van der Waals surface area (Å²) in [4.78, 5) is 15.3. The van der Waals surface area contributed by atoms with E-state index in [0.29, 0.717) is 17.5 Å². The molecular formula is C53H31N3OS. The van der Waals surface area contributed by atoms with Crippen molar-refractivity contribution in [3.05, 3.63) is 188 Å². The van der Waals surface area contributed by atoms with Gasteiger partial charge >= 0.3 is 0 Å². The quantitative estimate of drug-likeness (QED) is 0.164. The van der Waals surface area contributed by atoms with Crippen LogP contribution in [0.3, 0.4) is 0 Å². The zero-order valence-electron chi connectivity index (χ0n) is 31.1. The van der Waals surface area contributed by atoms with E-state index in [1.54, 1.807) is 11.3 Å². The number of fused-ring (bicyclic) bond motifs is 9. The average Bonchev–Trinajstić information content (AvgIpc) is 3.87. The summed E-state index contributed by atoms with van der Waals surface area (Å²) in [6, 6.07) is 66.3. The zero-order valence-corrected chi connectivity index (χ0v) is 31.9. The van der Waals surface area contributed by atoms with Crippen LogP contribution in [0.4, 0.5) is 0 Å². The van der Waals surface area contributed by atoms with Crippen LogP contribution in [-0.4, -0.2) is 15.0 Å². The first-order chi connectivity index (χ1) is 28.7. The van der Waals surface area contributed by atoms with Gasteiger partial charge in [-0.2, -0.15) is 0 Å². The van der Waals surface area contributed by atoms with Gasteiger partial charge in [0.2, 0.25) is 0 Å². The van der Waals surface area contributed by atoms with Crippen LogP contribution in [0.15, 0.2) is 192 Å². The molecule has 0 aliphatic heterocycles. The predicted molar refractivity (Wildman–Crippen MR) is 242 cm³/mol. The van der Waals surface area contributed by atoms with E-state index < -0.39 is 0 Å². The molecule has 0 fully saturated rings. The van der Waals surface area contributed by atoms with Gasteiger partial charge in [-0.15, -0.1) is 11.3 Å². The van der Waals surface area contributed by atoms with Crippen molar-refractivity contribution in [3.8, 4) is 56.4 Å². The van der Waals surface area contributed by atoms with Crippen LogP contribution in [0.25, 0.3) is 120 Å². The van der Waals surface area contributed by atoms with Crippen molar-refractivity contribution in [1.82, 2.24) is 15.0 Å². The van der Waals surface area contributed by atoms with Gasteiger partial charge in [-0.05, 0) is 80.2 Å². The van der Waals surface area contributed by atoms with Crippen LogP contribution in [0.2, 0.25) is 0 Å². The maximum atomic E-state index is 6.46. The molecule has 58 heavy (non-hydrogen) atoms. The first-order valence-electron chi connectivity index (χ1n) is 19.4. The normalized spacial score (nSPS) is 11.8. The highest BCUT2D eigenvalue weighted by molar-refractivity contribution is 7.26. The minimum Gasteiger partial charge on any atom is -0.456 e. The molecule has 0 N–H and O–H groups in total. The summed E-state index contributed by atoms with van der Waals surface area (Å²) in [6.45, 7) is 0. The van der Waals surface area contributed by atoms with Crippen LogP contribution >= 0.6 is 11.3 Å². The number of aromatic nitrogens is 3. The molecule has 0 bridgehead atoms. The number of furan rings is 1. The molecule has 3 aromatic heterocycles. The van der Waals surface area contributed by atoms with Crippen molar-refractivity contribution < 1.29 is 4.42 Å². The van der Waals surface area contributed by atoms with Crippen LogP contribution in [0.5, 0.6) is 0 Å². The molecule has 0 saturated heterocycles. The van der Waals surface area contributed by atoms with Crippen LogP contribution in [-0.2, 0) is 0 Å². The van der Waals surface area contributed by atoms with Gasteiger partial charge in [0.25, 0.3) is 0 Å². The summed E-state index contributed by atoms with van der Waals surface area (Å²) in [5.41, 5.74) is 9.14. The molecule has 3 heterocycles. The maximum absolute atomic E-state index is 6.46. The Bertz CT molecular complexity index is 3570. The average molecular weight is 758 g/mol. The fraction of sp³-hybridized carbons (Fsp3) is 0. The van der Waals surface area contributed by atoms with E-state index in [-0.39, 0.29) is 0 Å². The van der Waals surface area contributed by atoms with E-state index >= 15 is 0 Å². The van der Waals surface area contributed by atoms with Crippen molar-refractivity contribution >= 4 is 75.0 Å². The van der Waals surface area contributed by atoms with Crippen molar-refractivity contribution in [2.45, 2.75) is 0 Å². The molecule has 0 amide bonds. The second-order valence-electron chi connectivity index (χ2n) is 14.7. The van der Waals surface area contributed by atoms with Gasteiger partial charge in [-0.25, -0.2) is 15.0 Å². The number of nitrogens with zero attached hydrogens (tertiary/aromatic N) is 3. The Morgan fingerprint density at radius 3 is 1.78 bits per heavy atom. The van der Waals surface area contributed by atoms with E-state index in [9.17, 15) is 0 Å². The smallest absolute Gasteiger partial charge is 0.165 e. The largest absolute Gasteiger partial charge is 0.456 e. The maximum Gasteiger partial charge on any atom is 0.165 e. The van der Waals surface area contributed by atoms with E-state index in [2.05, 4.69) is 170 Å². The summed E-state index contributed by atoms with van der Waals surface area (Å²) >= 11 is 1.78. The Kier molecular flexibility index (Phi) is 7.37. The predicted octanol–water partition coefficient (Wildman–Crippen LogP) is 14.8. The molecule has 5 heteroatoms. The topological polar surface area (TPSA) is 51.8 Å². The molecule has 9 aromatic carbocycles. The Hall–Kier alpha value is -7.47. The number of rotatable bonds is 5. The molecule has 270 valence electrons. The highest BCUT2D eigenvalue weighted by atomic mass is 32.1. The zero-order chi connectivity index (χ0) is 38.2. The van der Waals surface area contributed by atoms with Crippen molar-refractivity contribution in [3.63, 3.8) is 0 Å². The molecule has 4 nitrogen and oxygen atoms in total. The van der Waals surface area contributed by atoms with Gasteiger partial charge in [0, 0.05) is 47.6 Å². The SMILES string of the molecule is c1ccc(-c2nc(-c3ccc(-c4cccc5oc6ccc(-c7ccc8ccc9ccccc9c8c7)cc6c45)cc3)nc(-c3cccc4c3sc3ccccc34)n2)cc1. The number of benzene rings is 9. The van der Waals surface area contributed by atoms with Gasteiger partial charge in [-0.3, -0.25) is 0 Å². The second-order valence-corrected chi connectivity index (χ2v) is 15.8. The summed E-state index contributed by atoms with van der Waals surface area (Å²) < 4.78 is 8.88. The highest BCUT2D eigenvalue weighted by Crippen LogP contribution is 2.41. The third-order valence-electron chi connectivity index (χ3n) is 11.3. The third kappa shape index (κ3) is 5.32. The van der Waals surface area contributed by atoms with E-state index in [1.165, 1.54) is 47.3 Å². The minimum atomic E-state index is 0.633. The van der Waals surface area contributed by atoms with Crippen molar-refractivity contribution in [1.29, 1.82) is 0 Å². The Morgan fingerprint density at radius 2 is 0.931 bits per heavy atom. The lowest BCUT2D eigenvalue weighted by Gasteiger charge is -2.10. The monoisotopic (exact) mass is 757 g/mol. The first kappa shape index (κ1) is 32.7. The molecule has 0 atom stereocenters. The molecule has 0 radical (unpaired) electrons. The Labute approximate surface area is 337 Å². The lowest BCUT2D eigenvalue weighted by atomic mass is 9.95. The summed E-state index contributed by atoms with van der Waals surface area (Å²) in [5, 5.41) is 9.66. The molecule has 12 aromatic rings. The number of hydrogen-bond acceptors (Lipinski definition) is 5. The molecule has 0 spiro atoms. The van der Waals surface area contributed by atoms with Crippen molar-refractivity contribution in [2.24, 2.45) is 0 Å². The van der Waals surface area contributed by atoms with Gasteiger partial charge in [0.15, 0.2) is 17.5 Å². The molecule has 0 unspecified atom stereocenters. The lowest BCUT2D eigenvalue weighted by Crippen LogP contribution is -2.00.